The highest BCUT2D eigenvalue weighted by Gasteiger charge is 2.18. The summed E-state index contributed by atoms with van der Waals surface area (Å²) in [6.07, 6.45) is 4.89. The Morgan fingerprint density at radius 3 is 2.50 bits per heavy atom. The van der Waals surface area contributed by atoms with Crippen LogP contribution in [-0.4, -0.2) is 51.9 Å². The number of nitrogens with zero attached hydrogens (tertiary/aromatic N) is 5. The van der Waals surface area contributed by atoms with Gasteiger partial charge < -0.3 is 4.57 Å². The zero-order valence-corrected chi connectivity index (χ0v) is 16.0. The molecule has 0 aliphatic carbocycles. The third kappa shape index (κ3) is 3.86. The second-order valence-electron chi connectivity index (χ2n) is 6.14. The van der Waals surface area contributed by atoms with Gasteiger partial charge in [0.15, 0.2) is 0 Å². The van der Waals surface area contributed by atoms with Gasteiger partial charge in [0.2, 0.25) is 10.0 Å². The Hall–Kier alpha value is -2.45. The van der Waals surface area contributed by atoms with Crippen LogP contribution in [0.4, 0.5) is 0 Å². The average molecular weight is 373 g/mol. The number of aryl methyl sites for hydroxylation is 1. The predicted octanol–water partition coefficient (Wildman–Crippen LogP) is 2.32. The Morgan fingerprint density at radius 2 is 1.88 bits per heavy atom. The fourth-order valence-corrected chi connectivity index (χ4v) is 3.12. The Kier molecular flexibility index (Phi) is 5.24. The molecular weight excluding hydrogens is 350 g/mol. The smallest absolute Gasteiger partial charge is 0.211 e. The Labute approximate surface area is 154 Å². The number of hydrogen-bond donors (Lipinski definition) is 0. The summed E-state index contributed by atoms with van der Waals surface area (Å²) in [5.41, 5.74) is 3.56. The molecule has 0 saturated heterocycles. The van der Waals surface area contributed by atoms with Gasteiger partial charge >= 0.3 is 0 Å². The molecule has 0 amide bonds. The van der Waals surface area contributed by atoms with Crippen LogP contribution in [0.3, 0.4) is 0 Å². The molecule has 0 atom stereocenters. The van der Waals surface area contributed by atoms with E-state index in [4.69, 9.17) is 0 Å². The molecule has 26 heavy (non-hydrogen) atoms. The number of sulfonamides is 1. The number of rotatable bonds is 7. The van der Waals surface area contributed by atoms with Crippen molar-refractivity contribution in [2.75, 3.05) is 19.8 Å². The molecule has 0 spiro atoms. The van der Waals surface area contributed by atoms with Gasteiger partial charge in [0.25, 0.3) is 0 Å². The zero-order valence-electron chi connectivity index (χ0n) is 15.2. The maximum absolute atomic E-state index is 11.7. The summed E-state index contributed by atoms with van der Waals surface area (Å²) in [5, 5.41) is 4.62. The summed E-state index contributed by atoms with van der Waals surface area (Å²) in [4.78, 5) is 4.58. The van der Waals surface area contributed by atoms with Crippen LogP contribution in [0.25, 0.3) is 22.6 Å². The molecule has 0 unspecified atom stereocenters. The van der Waals surface area contributed by atoms with E-state index in [1.54, 1.807) is 13.4 Å². The van der Waals surface area contributed by atoms with Crippen molar-refractivity contribution in [1.82, 2.24) is 23.6 Å². The standard InChI is InChI=1S/C18H23N5O2S/c1-4-23-11-10-16(20-23)18-17(15-8-6-5-7-9-15)19-14-22(18)13-12-21(2)26(3,24)25/h5-11,14H,4,12-13H2,1-3H3. The van der Waals surface area contributed by atoms with Crippen molar-refractivity contribution < 1.29 is 8.42 Å². The molecule has 0 bridgehead atoms. The normalized spacial score (nSPS) is 12.0. The lowest BCUT2D eigenvalue weighted by Gasteiger charge is -2.15. The summed E-state index contributed by atoms with van der Waals surface area (Å²) in [6.45, 7) is 3.68. The van der Waals surface area contributed by atoms with E-state index in [2.05, 4.69) is 10.1 Å². The van der Waals surface area contributed by atoms with Crippen molar-refractivity contribution in [3.8, 4) is 22.6 Å². The van der Waals surface area contributed by atoms with E-state index in [0.29, 0.717) is 13.1 Å². The monoisotopic (exact) mass is 373 g/mol. The molecule has 8 heteroatoms. The van der Waals surface area contributed by atoms with Crippen LogP contribution in [0, 0.1) is 0 Å². The first-order valence-electron chi connectivity index (χ1n) is 8.46. The molecule has 0 N–H and O–H groups in total. The van der Waals surface area contributed by atoms with Crippen LogP contribution < -0.4 is 0 Å². The van der Waals surface area contributed by atoms with Gasteiger partial charge in [0, 0.05) is 38.4 Å². The predicted molar refractivity (Wildman–Crippen MR) is 102 cm³/mol. The van der Waals surface area contributed by atoms with Gasteiger partial charge in [0.05, 0.1) is 24.0 Å². The van der Waals surface area contributed by atoms with Crippen LogP contribution in [-0.2, 0) is 23.1 Å². The molecule has 2 aromatic heterocycles. The van der Waals surface area contributed by atoms with Gasteiger partial charge in [-0.05, 0) is 13.0 Å². The van der Waals surface area contributed by atoms with E-state index in [1.807, 2.05) is 58.8 Å². The van der Waals surface area contributed by atoms with Crippen molar-refractivity contribution in [2.24, 2.45) is 0 Å². The first-order valence-corrected chi connectivity index (χ1v) is 10.3. The molecule has 2 heterocycles. The van der Waals surface area contributed by atoms with Crippen molar-refractivity contribution in [3.63, 3.8) is 0 Å². The molecule has 1 aromatic carbocycles. The Morgan fingerprint density at radius 1 is 1.15 bits per heavy atom. The van der Waals surface area contributed by atoms with Crippen molar-refractivity contribution in [1.29, 1.82) is 0 Å². The molecule has 0 saturated carbocycles. The minimum atomic E-state index is -3.22. The van der Waals surface area contributed by atoms with Gasteiger partial charge in [-0.2, -0.15) is 5.10 Å². The summed E-state index contributed by atoms with van der Waals surface area (Å²) in [7, 11) is -1.64. The first-order chi connectivity index (χ1) is 12.4. The highest BCUT2D eigenvalue weighted by atomic mass is 32.2. The van der Waals surface area contributed by atoms with Crippen LogP contribution >= 0.6 is 0 Å². The van der Waals surface area contributed by atoms with Gasteiger partial charge in [-0.1, -0.05) is 30.3 Å². The SMILES string of the molecule is CCn1ccc(-c2c(-c3ccccc3)ncn2CCN(C)S(C)(=O)=O)n1. The van der Waals surface area contributed by atoms with Gasteiger partial charge in [-0.15, -0.1) is 0 Å². The summed E-state index contributed by atoms with van der Waals surface area (Å²) in [6, 6.07) is 11.9. The first kappa shape index (κ1) is 18.3. The van der Waals surface area contributed by atoms with Crippen LogP contribution in [0.5, 0.6) is 0 Å². The van der Waals surface area contributed by atoms with Crippen molar-refractivity contribution in [2.45, 2.75) is 20.0 Å². The number of aromatic nitrogens is 4. The van der Waals surface area contributed by atoms with Crippen molar-refractivity contribution >= 4 is 10.0 Å². The molecular formula is C18H23N5O2S. The van der Waals surface area contributed by atoms with E-state index in [0.717, 1.165) is 29.2 Å². The third-order valence-electron chi connectivity index (χ3n) is 4.31. The lowest BCUT2D eigenvalue weighted by molar-refractivity contribution is 0.450. The molecule has 7 nitrogen and oxygen atoms in total. The lowest BCUT2D eigenvalue weighted by Crippen LogP contribution is -2.29. The average Bonchev–Trinajstić information content (AvgIpc) is 3.25. The van der Waals surface area contributed by atoms with E-state index in [9.17, 15) is 8.42 Å². The van der Waals surface area contributed by atoms with Crippen molar-refractivity contribution in [3.05, 3.63) is 48.9 Å². The molecule has 3 rings (SSSR count). The molecule has 0 aliphatic heterocycles. The minimum absolute atomic E-state index is 0.366. The number of likely N-dealkylation sites (N-methyl/N-ethyl adjacent to an activating group) is 1. The summed E-state index contributed by atoms with van der Waals surface area (Å²) in [5.74, 6) is 0. The molecule has 0 fully saturated rings. The van der Waals surface area contributed by atoms with E-state index in [1.165, 1.54) is 10.6 Å². The summed E-state index contributed by atoms with van der Waals surface area (Å²) >= 11 is 0. The fraction of sp³-hybridized carbons (Fsp3) is 0.333. The number of benzene rings is 1. The summed E-state index contributed by atoms with van der Waals surface area (Å²) < 4.78 is 28.5. The number of hydrogen-bond acceptors (Lipinski definition) is 4. The van der Waals surface area contributed by atoms with E-state index in [-0.39, 0.29) is 0 Å². The van der Waals surface area contributed by atoms with Crippen LogP contribution in [0.15, 0.2) is 48.9 Å². The molecule has 138 valence electrons. The highest BCUT2D eigenvalue weighted by Crippen LogP contribution is 2.30. The lowest BCUT2D eigenvalue weighted by atomic mass is 10.1. The van der Waals surface area contributed by atoms with E-state index < -0.39 is 10.0 Å². The molecule has 0 aliphatic rings. The van der Waals surface area contributed by atoms with E-state index >= 15 is 0 Å². The Bertz CT molecular complexity index is 976. The van der Waals surface area contributed by atoms with Gasteiger partial charge in [-0.25, -0.2) is 17.7 Å². The second kappa shape index (κ2) is 7.43. The van der Waals surface area contributed by atoms with Gasteiger partial charge in [-0.3, -0.25) is 4.68 Å². The topological polar surface area (TPSA) is 73.0 Å². The quantitative estimate of drug-likeness (QED) is 0.637. The third-order valence-corrected chi connectivity index (χ3v) is 5.63. The minimum Gasteiger partial charge on any atom is -0.327 e. The zero-order chi connectivity index (χ0) is 18.7. The molecule has 0 radical (unpaired) electrons. The highest BCUT2D eigenvalue weighted by molar-refractivity contribution is 7.88. The maximum Gasteiger partial charge on any atom is 0.211 e. The maximum atomic E-state index is 11.7. The largest absolute Gasteiger partial charge is 0.327 e. The molecule has 3 aromatic rings. The second-order valence-corrected chi connectivity index (χ2v) is 8.23. The number of imidazole rings is 1. The Balaban J connectivity index is 2.00. The fourth-order valence-electron chi connectivity index (χ4n) is 2.71. The van der Waals surface area contributed by atoms with Crippen LogP contribution in [0.2, 0.25) is 0 Å². The van der Waals surface area contributed by atoms with Crippen LogP contribution in [0.1, 0.15) is 6.92 Å². The van der Waals surface area contributed by atoms with Gasteiger partial charge in [0.1, 0.15) is 5.69 Å².